The lowest BCUT2D eigenvalue weighted by atomic mass is 9.93. The van der Waals surface area contributed by atoms with Gasteiger partial charge in [0.15, 0.2) is 11.5 Å². The summed E-state index contributed by atoms with van der Waals surface area (Å²) in [7, 11) is 3.19. The molecule has 0 saturated carbocycles. The molecule has 0 saturated heterocycles. The van der Waals surface area contributed by atoms with Crippen LogP contribution in [0.25, 0.3) is 10.9 Å². The fourth-order valence-corrected chi connectivity index (χ4v) is 4.94. The first kappa shape index (κ1) is 24.2. The van der Waals surface area contributed by atoms with Crippen LogP contribution >= 0.6 is 0 Å². The highest BCUT2D eigenvalue weighted by Crippen LogP contribution is 2.39. The number of amides is 1. The summed E-state index contributed by atoms with van der Waals surface area (Å²) in [5.41, 5.74) is 3.61. The third-order valence-electron chi connectivity index (χ3n) is 6.82. The van der Waals surface area contributed by atoms with Gasteiger partial charge in [0.2, 0.25) is 0 Å². The Morgan fingerprint density at radius 2 is 1.73 bits per heavy atom. The minimum atomic E-state index is -0.724. The number of benzene rings is 3. The Bertz CT molecular complexity index is 1490. The molecule has 1 aromatic heterocycles. The van der Waals surface area contributed by atoms with E-state index < -0.39 is 17.7 Å². The molecule has 1 amide bonds. The van der Waals surface area contributed by atoms with Crippen LogP contribution in [0.15, 0.2) is 90.3 Å². The van der Waals surface area contributed by atoms with Crippen LogP contribution in [-0.4, -0.2) is 47.4 Å². The summed E-state index contributed by atoms with van der Waals surface area (Å²) in [4.78, 5) is 31.7. The second-order valence-corrected chi connectivity index (χ2v) is 9.00. The molecule has 2 heterocycles. The highest BCUT2D eigenvalue weighted by atomic mass is 16.5. The molecule has 7 nitrogen and oxygen atoms in total. The summed E-state index contributed by atoms with van der Waals surface area (Å²) >= 11 is 0. The topological polar surface area (TPSA) is 91.9 Å². The number of ketones is 1. The average molecular weight is 497 g/mol. The number of aromatic amines is 1. The maximum absolute atomic E-state index is 13.5. The number of methoxy groups -OCH3 is 2. The highest BCUT2D eigenvalue weighted by molar-refractivity contribution is 6.09. The molecule has 4 aromatic rings. The highest BCUT2D eigenvalue weighted by Gasteiger charge is 2.43. The molecule has 0 spiro atoms. The molecular formula is C30H28N2O5. The van der Waals surface area contributed by atoms with Crippen molar-refractivity contribution in [2.45, 2.75) is 18.9 Å². The van der Waals surface area contributed by atoms with Gasteiger partial charge in [0, 0.05) is 30.1 Å². The number of ether oxygens (including phenoxy) is 2. The van der Waals surface area contributed by atoms with Crippen LogP contribution in [0.3, 0.4) is 0 Å². The molecule has 188 valence electrons. The van der Waals surface area contributed by atoms with Crippen molar-refractivity contribution in [2.75, 3.05) is 20.8 Å². The Hall–Kier alpha value is -4.52. The van der Waals surface area contributed by atoms with Gasteiger partial charge in [0.05, 0.1) is 25.8 Å². The zero-order chi connectivity index (χ0) is 25.9. The Morgan fingerprint density at radius 3 is 2.49 bits per heavy atom. The molecule has 0 bridgehead atoms. The van der Waals surface area contributed by atoms with Gasteiger partial charge in [0.1, 0.15) is 11.5 Å². The smallest absolute Gasteiger partial charge is 0.290 e. The Kier molecular flexibility index (Phi) is 6.68. The van der Waals surface area contributed by atoms with Crippen LogP contribution in [0.4, 0.5) is 0 Å². The fourth-order valence-electron chi connectivity index (χ4n) is 4.94. The van der Waals surface area contributed by atoms with Gasteiger partial charge in [-0.15, -0.1) is 0 Å². The van der Waals surface area contributed by atoms with Crippen molar-refractivity contribution in [3.05, 3.63) is 107 Å². The number of H-pyrrole nitrogens is 1. The zero-order valence-electron chi connectivity index (χ0n) is 20.7. The lowest BCUT2D eigenvalue weighted by Crippen LogP contribution is -2.33. The SMILES string of the molecule is COc1cccc(C2C(C(=O)Cc3ccccc3)=C(O)C(=O)N2CCc2c[nH]c3ccc(OC)cc23)c1. The van der Waals surface area contributed by atoms with Crippen LogP contribution in [0, 0.1) is 0 Å². The van der Waals surface area contributed by atoms with Gasteiger partial charge >= 0.3 is 0 Å². The van der Waals surface area contributed by atoms with E-state index in [9.17, 15) is 14.7 Å². The van der Waals surface area contributed by atoms with Crippen molar-refractivity contribution >= 4 is 22.6 Å². The molecule has 2 N–H and O–H groups in total. The number of hydrogen-bond acceptors (Lipinski definition) is 5. The van der Waals surface area contributed by atoms with Crippen molar-refractivity contribution in [1.82, 2.24) is 9.88 Å². The van der Waals surface area contributed by atoms with Crippen LogP contribution in [0.1, 0.15) is 22.7 Å². The first-order chi connectivity index (χ1) is 18.0. The van der Waals surface area contributed by atoms with E-state index in [-0.39, 0.29) is 17.8 Å². The summed E-state index contributed by atoms with van der Waals surface area (Å²) in [6.07, 6.45) is 2.52. The maximum Gasteiger partial charge on any atom is 0.290 e. The summed E-state index contributed by atoms with van der Waals surface area (Å²) in [6.45, 7) is 0.303. The number of nitrogens with one attached hydrogen (secondary N) is 1. The minimum absolute atomic E-state index is 0.0874. The molecule has 3 aromatic carbocycles. The largest absolute Gasteiger partial charge is 0.503 e. The zero-order valence-corrected chi connectivity index (χ0v) is 20.7. The number of carbonyl (C=O) groups excluding carboxylic acids is 2. The van der Waals surface area contributed by atoms with E-state index in [0.29, 0.717) is 24.3 Å². The number of Topliss-reactive ketones (excluding diaryl/α,β-unsaturated/α-hetero) is 1. The lowest BCUT2D eigenvalue weighted by molar-refractivity contribution is -0.129. The second kappa shape index (κ2) is 10.2. The Balaban J connectivity index is 1.48. The second-order valence-electron chi connectivity index (χ2n) is 9.00. The minimum Gasteiger partial charge on any atom is -0.503 e. The molecule has 0 radical (unpaired) electrons. The third kappa shape index (κ3) is 4.68. The fraction of sp³-hybridized carbons (Fsp3) is 0.200. The van der Waals surface area contributed by atoms with E-state index in [0.717, 1.165) is 27.8 Å². The van der Waals surface area contributed by atoms with Crippen molar-refractivity contribution in [3.8, 4) is 11.5 Å². The Morgan fingerprint density at radius 1 is 0.973 bits per heavy atom. The summed E-state index contributed by atoms with van der Waals surface area (Å²) in [6, 6.07) is 21.7. The molecule has 1 unspecified atom stereocenters. The summed E-state index contributed by atoms with van der Waals surface area (Å²) in [5.74, 6) is 0.0167. The van der Waals surface area contributed by atoms with Gasteiger partial charge in [-0.05, 0) is 53.4 Å². The Labute approximate surface area is 214 Å². The molecule has 0 fully saturated rings. The quantitative estimate of drug-likeness (QED) is 0.343. The summed E-state index contributed by atoms with van der Waals surface area (Å²) < 4.78 is 10.8. The standard InChI is InChI=1S/C30H28N2O5/c1-36-22-10-6-9-20(16-22)28-27(26(33)15-19-7-4-3-5-8-19)29(34)30(35)32(28)14-13-21-18-31-25-12-11-23(37-2)17-24(21)25/h3-12,16-18,28,31,34H,13-15H2,1-2H3. The first-order valence-electron chi connectivity index (χ1n) is 12.1. The third-order valence-corrected chi connectivity index (χ3v) is 6.82. The van der Waals surface area contributed by atoms with Gasteiger partial charge in [0.25, 0.3) is 5.91 Å². The van der Waals surface area contributed by atoms with Gasteiger partial charge in [-0.25, -0.2) is 0 Å². The molecule has 7 heteroatoms. The average Bonchev–Trinajstić information content (AvgIpc) is 3.45. The summed E-state index contributed by atoms with van der Waals surface area (Å²) in [5, 5.41) is 11.9. The number of fused-ring (bicyclic) bond motifs is 1. The van der Waals surface area contributed by atoms with Gasteiger partial charge < -0.3 is 24.5 Å². The molecular weight excluding hydrogens is 468 g/mol. The van der Waals surface area contributed by atoms with Gasteiger partial charge in [-0.2, -0.15) is 0 Å². The number of carbonyl (C=O) groups is 2. The molecule has 1 atom stereocenters. The normalized spacial score (nSPS) is 15.5. The molecule has 0 aliphatic carbocycles. The van der Waals surface area contributed by atoms with E-state index in [1.54, 1.807) is 31.3 Å². The van der Waals surface area contributed by atoms with E-state index in [1.807, 2.05) is 66.9 Å². The monoisotopic (exact) mass is 496 g/mol. The number of aromatic nitrogens is 1. The van der Waals surface area contributed by atoms with Crippen molar-refractivity contribution < 1.29 is 24.2 Å². The number of nitrogens with zero attached hydrogens (tertiary/aromatic N) is 1. The van der Waals surface area contributed by atoms with Crippen LogP contribution in [-0.2, 0) is 22.4 Å². The van der Waals surface area contributed by atoms with E-state index >= 15 is 0 Å². The van der Waals surface area contributed by atoms with Crippen LogP contribution in [0.2, 0.25) is 0 Å². The van der Waals surface area contributed by atoms with Crippen molar-refractivity contribution in [2.24, 2.45) is 0 Å². The van der Waals surface area contributed by atoms with E-state index in [2.05, 4.69) is 4.98 Å². The van der Waals surface area contributed by atoms with E-state index in [4.69, 9.17) is 9.47 Å². The molecule has 1 aliphatic rings. The molecule has 1 aliphatic heterocycles. The lowest BCUT2D eigenvalue weighted by Gasteiger charge is -2.27. The number of hydrogen-bond donors (Lipinski definition) is 2. The first-order valence-corrected chi connectivity index (χ1v) is 12.1. The van der Waals surface area contributed by atoms with Gasteiger partial charge in [-0.3, -0.25) is 9.59 Å². The predicted octanol–water partition coefficient (Wildman–Crippen LogP) is 4.94. The predicted molar refractivity (Wildman–Crippen MR) is 141 cm³/mol. The number of aliphatic hydroxyl groups is 1. The maximum atomic E-state index is 13.5. The molecule has 5 rings (SSSR count). The van der Waals surface area contributed by atoms with Crippen LogP contribution in [0.5, 0.6) is 11.5 Å². The number of aliphatic hydroxyl groups excluding tert-OH is 1. The van der Waals surface area contributed by atoms with Crippen molar-refractivity contribution in [1.29, 1.82) is 0 Å². The number of rotatable bonds is 9. The van der Waals surface area contributed by atoms with Crippen LogP contribution < -0.4 is 9.47 Å². The van der Waals surface area contributed by atoms with Gasteiger partial charge in [-0.1, -0.05) is 42.5 Å². The van der Waals surface area contributed by atoms with Crippen molar-refractivity contribution in [3.63, 3.8) is 0 Å². The molecule has 37 heavy (non-hydrogen) atoms. The van der Waals surface area contributed by atoms with E-state index in [1.165, 1.54) is 0 Å².